The molecule has 23 heavy (non-hydrogen) atoms. The molecule has 2 aromatic rings. The van der Waals surface area contributed by atoms with Gasteiger partial charge in [0.2, 0.25) is 5.91 Å². The Morgan fingerprint density at radius 3 is 2.30 bits per heavy atom. The van der Waals surface area contributed by atoms with Gasteiger partial charge >= 0.3 is 6.09 Å². The minimum Gasteiger partial charge on any atom is -0.444 e. The third-order valence-corrected chi connectivity index (χ3v) is 3.20. The molecular weight excluding hydrogens is 292 g/mol. The van der Waals surface area contributed by atoms with Crippen LogP contribution in [0.3, 0.4) is 0 Å². The predicted octanol–water partition coefficient (Wildman–Crippen LogP) is 3.11. The molecule has 2 amide bonds. The van der Waals surface area contributed by atoms with Crippen LogP contribution in [-0.2, 0) is 22.6 Å². The lowest BCUT2D eigenvalue weighted by Gasteiger charge is -2.08. The van der Waals surface area contributed by atoms with E-state index in [1.54, 1.807) is 0 Å². The van der Waals surface area contributed by atoms with Gasteiger partial charge in [0, 0.05) is 19.2 Å². The van der Waals surface area contributed by atoms with Crippen LogP contribution >= 0.6 is 0 Å². The number of carbonyl (C=O) groups excluding carboxylic acids is 2. The van der Waals surface area contributed by atoms with E-state index in [-0.39, 0.29) is 12.5 Å². The standard InChI is InChI=1S/C18H20N2O3/c1-14(21)19-12-11-15-7-9-17(10-8-15)20-18(22)23-13-16-5-3-2-4-6-16/h2-10H,11-13H2,1H3,(H,19,21)(H,20,22). The summed E-state index contributed by atoms with van der Waals surface area (Å²) in [5, 5.41) is 5.43. The molecule has 2 aromatic carbocycles. The summed E-state index contributed by atoms with van der Waals surface area (Å²) in [7, 11) is 0. The molecule has 0 aliphatic carbocycles. The van der Waals surface area contributed by atoms with Gasteiger partial charge in [-0.15, -0.1) is 0 Å². The molecule has 0 heterocycles. The molecule has 0 radical (unpaired) electrons. The number of anilines is 1. The molecule has 0 spiro atoms. The van der Waals surface area contributed by atoms with Gasteiger partial charge in [0.15, 0.2) is 0 Å². The summed E-state index contributed by atoms with van der Waals surface area (Å²) in [6.07, 6.45) is 0.262. The Hall–Kier alpha value is -2.82. The fraction of sp³-hybridized carbons (Fsp3) is 0.222. The molecule has 120 valence electrons. The lowest BCUT2D eigenvalue weighted by atomic mass is 10.1. The largest absolute Gasteiger partial charge is 0.444 e. The lowest BCUT2D eigenvalue weighted by molar-refractivity contribution is -0.118. The van der Waals surface area contributed by atoms with Crippen molar-refractivity contribution in [2.45, 2.75) is 20.0 Å². The first-order chi connectivity index (χ1) is 11.1. The molecule has 0 saturated carbocycles. The molecule has 2 N–H and O–H groups in total. The highest BCUT2D eigenvalue weighted by atomic mass is 16.5. The van der Waals surface area contributed by atoms with Crippen molar-refractivity contribution >= 4 is 17.7 Å². The average molecular weight is 312 g/mol. The molecule has 0 atom stereocenters. The van der Waals surface area contributed by atoms with Gasteiger partial charge in [0.05, 0.1) is 0 Å². The molecule has 2 rings (SSSR count). The Labute approximate surface area is 135 Å². The van der Waals surface area contributed by atoms with E-state index in [4.69, 9.17) is 4.74 Å². The second-order valence-electron chi connectivity index (χ2n) is 5.12. The molecule has 0 bridgehead atoms. The summed E-state index contributed by atoms with van der Waals surface area (Å²) in [6.45, 7) is 2.33. The zero-order valence-corrected chi connectivity index (χ0v) is 13.0. The number of ether oxygens (including phenoxy) is 1. The quantitative estimate of drug-likeness (QED) is 0.861. The van der Waals surface area contributed by atoms with Gasteiger partial charge in [0.25, 0.3) is 0 Å². The minimum absolute atomic E-state index is 0.0375. The van der Waals surface area contributed by atoms with Crippen molar-refractivity contribution in [1.29, 1.82) is 0 Å². The Morgan fingerprint density at radius 2 is 1.65 bits per heavy atom. The minimum atomic E-state index is -0.486. The van der Waals surface area contributed by atoms with Gasteiger partial charge in [-0.1, -0.05) is 42.5 Å². The first-order valence-corrected chi connectivity index (χ1v) is 7.44. The third kappa shape index (κ3) is 6.22. The summed E-state index contributed by atoms with van der Waals surface area (Å²) in [5.41, 5.74) is 2.70. The van der Waals surface area contributed by atoms with Crippen molar-refractivity contribution in [3.05, 3.63) is 65.7 Å². The summed E-state index contributed by atoms with van der Waals surface area (Å²) in [5.74, 6) is -0.0375. The number of hydrogen-bond acceptors (Lipinski definition) is 3. The maximum absolute atomic E-state index is 11.7. The number of hydrogen-bond donors (Lipinski definition) is 2. The van der Waals surface area contributed by atoms with Crippen LogP contribution in [0.25, 0.3) is 0 Å². The van der Waals surface area contributed by atoms with E-state index >= 15 is 0 Å². The van der Waals surface area contributed by atoms with Crippen molar-refractivity contribution in [3.8, 4) is 0 Å². The van der Waals surface area contributed by atoms with Gasteiger partial charge in [-0.05, 0) is 29.7 Å². The van der Waals surface area contributed by atoms with Gasteiger partial charge < -0.3 is 10.1 Å². The molecule has 0 fully saturated rings. The van der Waals surface area contributed by atoms with E-state index in [0.717, 1.165) is 17.5 Å². The van der Waals surface area contributed by atoms with Crippen LogP contribution in [0.4, 0.5) is 10.5 Å². The topological polar surface area (TPSA) is 67.4 Å². The van der Waals surface area contributed by atoms with E-state index < -0.39 is 6.09 Å². The number of amides is 2. The van der Waals surface area contributed by atoms with Gasteiger partial charge in [-0.25, -0.2) is 4.79 Å². The highest BCUT2D eigenvalue weighted by Crippen LogP contribution is 2.11. The number of rotatable bonds is 6. The molecule has 5 nitrogen and oxygen atoms in total. The highest BCUT2D eigenvalue weighted by Gasteiger charge is 2.04. The number of nitrogens with one attached hydrogen (secondary N) is 2. The third-order valence-electron chi connectivity index (χ3n) is 3.20. The van der Waals surface area contributed by atoms with E-state index in [0.29, 0.717) is 12.2 Å². The maximum Gasteiger partial charge on any atom is 0.411 e. The zero-order valence-electron chi connectivity index (χ0n) is 13.0. The smallest absolute Gasteiger partial charge is 0.411 e. The predicted molar refractivity (Wildman–Crippen MR) is 89.1 cm³/mol. The van der Waals surface area contributed by atoms with Gasteiger partial charge in [-0.2, -0.15) is 0 Å². The molecular formula is C18H20N2O3. The van der Waals surface area contributed by atoms with Crippen LogP contribution in [0.15, 0.2) is 54.6 Å². The van der Waals surface area contributed by atoms with Crippen molar-refractivity contribution in [1.82, 2.24) is 5.32 Å². The highest BCUT2D eigenvalue weighted by molar-refractivity contribution is 5.84. The summed E-state index contributed by atoms with van der Waals surface area (Å²) < 4.78 is 5.16. The van der Waals surface area contributed by atoms with Gasteiger partial charge in [0.1, 0.15) is 6.61 Å². The van der Waals surface area contributed by atoms with E-state index in [2.05, 4.69) is 10.6 Å². The van der Waals surface area contributed by atoms with Gasteiger partial charge in [-0.3, -0.25) is 10.1 Å². The van der Waals surface area contributed by atoms with Crippen LogP contribution in [0.5, 0.6) is 0 Å². The number of carbonyl (C=O) groups is 2. The summed E-state index contributed by atoms with van der Waals surface area (Å²) >= 11 is 0. The fourth-order valence-corrected chi connectivity index (χ4v) is 2.01. The van der Waals surface area contributed by atoms with Crippen molar-refractivity contribution in [2.24, 2.45) is 0 Å². The first kappa shape index (κ1) is 16.5. The van der Waals surface area contributed by atoms with Crippen LogP contribution < -0.4 is 10.6 Å². The molecule has 0 unspecified atom stereocenters. The van der Waals surface area contributed by atoms with Crippen LogP contribution in [0.2, 0.25) is 0 Å². The van der Waals surface area contributed by atoms with Crippen LogP contribution in [0, 0.1) is 0 Å². The van der Waals surface area contributed by atoms with Crippen molar-refractivity contribution in [3.63, 3.8) is 0 Å². The average Bonchev–Trinajstić information content (AvgIpc) is 2.55. The normalized spacial score (nSPS) is 9.96. The van der Waals surface area contributed by atoms with E-state index in [9.17, 15) is 9.59 Å². The van der Waals surface area contributed by atoms with E-state index in [1.165, 1.54) is 6.92 Å². The second-order valence-corrected chi connectivity index (χ2v) is 5.12. The van der Waals surface area contributed by atoms with Crippen LogP contribution in [0.1, 0.15) is 18.1 Å². The van der Waals surface area contributed by atoms with Crippen LogP contribution in [-0.4, -0.2) is 18.5 Å². The summed E-state index contributed by atoms with van der Waals surface area (Å²) in [4.78, 5) is 22.5. The molecule has 0 saturated heterocycles. The fourth-order valence-electron chi connectivity index (χ4n) is 2.01. The monoisotopic (exact) mass is 312 g/mol. The van der Waals surface area contributed by atoms with Crippen molar-refractivity contribution < 1.29 is 14.3 Å². The SMILES string of the molecule is CC(=O)NCCc1ccc(NC(=O)OCc2ccccc2)cc1. The molecule has 0 aliphatic rings. The molecule has 0 aliphatic heterocycles. The number of benzene rings is 2. The van der Waals surface area contributed by atoms with E-state index in [1.807, 2.05) is 54.6 Å². The van der Waals surface area contributed by atoms with Crippen molar-refractivity contribution in [2.75, 3.05) is 11.9 Å². The Balaban J connectivity index is 1.76. The maximum atomic E-state index is 11.7. The lowest BCUT2D eigenvalue weighted by Crippen LogP contribution is -2.22. The Morgan fingerprint density at radius 1 is 0.957 bits per heavy atom. The molecule has 5 heteroatoms. The molecule has 0 aromatic heterocycles. The summed E-state index contributed by atoms with van der Waals surface area (Å²) in [6, 6.07) is 17.0. The Bertz CT molecular complexity index is 639. The zero-order chi connectivity index (χ0) is 16.5. The second kappa shape index (κ2) is 8.58. The Kier molecular flexibility index (Phi) is 6.17. The first-order valence-electron chi connectivity index (χ1n) is 7.44.